The lowest BCUT2D eigenvalue weighted by Gasteiger charge is -2.34. The molecule has 0 atom stereocenters. The molecule has 0 fully saturated rings. The summed E-state index contributed by atoms with van der Waals surface area (Å²) in [7, 11) is 0. The van der Waals surface area contributed by atoms with Crippen molar-refractivity contribution in [3.8, 4) is 0 Å². The third kappa shape index (κ3) is 3.37. The average Bonchev–Trinajstić information content (AvgIpc) is 2.30. The first-order valence-corrected chi connectivity index (χ1v) is 6.47. The minimum atomic E-state index is -0.916. The van der Waals surface area contributed by atoms with E-state index >= 15 is 0 Å². The molecule has 0 bridgehead atoms. The molecule has 0 aliphatic carbocycles. The van der Waals surface area contributed by atoms with E-state index in [4.69, 9.17) is 23.2 Å². The molecule has 1 aromatic carbocycles. The van der Waals surface area contributed by atoms with E-state index in [1.54, 1.807) is 26.0 Å². The molecule has 1 N–H and O–H groups in total. The van der Waals surface area contributed by atoms with Crippen molar-refractivity contribution >= 4 is 29.2 Å². The Labute approximate surface area is 117 Å². The Morgan fingerprint density at radius 1 is 1.33 bits per heavy atom. The zero-order valence-electron chi connectivity index (χ0n) is 10.7. The number of hydrogen-bond acceptors (Lipinski definition) is 2. The van der Waals surface area contributed by atoms with Crippen LogP contribution in [0.1, 0.15) is 26.3 Å². The molecule has 5 heteroatoms. The van der Waals surface area contributed by atoms with Crippen LogP contribution in [0.3, 0.4) is 0 Å². The van der Waals surface area contributed by atoms with Gasteiger partial charge in [0.25, 0.3) is 0 Å². The van der Waals surface area contributed by atoms with E-state index in [-0.39, 0.29) is 0 Å². The number of aliphatic carboxylic acids is 1. The van der Waals surface area contributed by atoms with E-state index < -0.39 is 11.5 Å². The lowest BCUT2D eigenvalue weighted by Crippen LogP contribution is -2.49. The SMILES string of the molecule is CCN(Cc1ccc(Cl)c(Cl)c1)C(C)(C)C(=O)O. The molecule has 0 heterocycles. The number of carboxylic acid groups (broad SMARTS) is 1. The zero-order chi connectivity index (χ0) is 13.9. The highest BCUT2D eigenvalue weighted by Gasteiger charge is 2.33. The summed E-state index contributed by atoms with van der Waals surface area (Å²) < 4.78 is 0. The number of likely N-dealkylation sites (N-methyl/N-ethyl adjacent to an activating group) is 1. The van der Waals surface area contributed by atoms with Crippen LogP contribution in [0.25, 0.3) is 0 Å². The molecule has 0 saturated carbocycles. The molecule has 0 radical (unpaired) electrons. The summed E-state index contributed by atoms with van der Waals surface area (Å²) in [5.41, 5.74) is 0.0292. The van der Waals surface area contributed by atoms with Gasteiger partial charge in [-0.2, -0.15) is 0 Å². The van der Waals surface area contributed by atoms with Crippen LogP contribution in [0.5, 0.6) is 0 Å². The monoisotopic (exact) mass is 289 g/mol. The highest BCUT2D eigenvalue weighted by atomic mass is 35.5. The van der Waals surface area contributed by atoms with E-state index in [0.717, 1.165) is 5.56 Å². The van der Waals surface area contributed by atoms with E-state index in [9.17, 15) is 9.90 Å². The van der Waals surface area contributed by atoms with Crippen LogP contribution >= 0.6 is 23.2 Å². The summed E-state index contributed by atoms with van der Waals surface area (Å²) in [5.74, 6) is -0.843. The normalized spacial score (nSPS) is 11.9. The summed E-state index contributed by atoms with van der Waals surface area (Å²) in [6, 6.07) is 5.35. The van der Waals surface area contributed by atoms with Crippen LogP contribution in [0, 0.1) is 0 Å². The largest absolute Gasteiger partial charge is 0.480 e. The standard InChI is InChI=1S/C13H17Cl2NO2/c1-4-16(13(2,3)12(17)18)8-9-5-6-10(14)11(15)7-9/h5-7H,4,8H2,1-3H3,(H,17,18). The van der Waals surface area contributed by atoms with Crippen molar-refractivity contribution in [2.75, 3.05) is 6.54 Å². The van der Waals surface area contributed by atoms with Gasteiger partial charge in [0.2, 0.25) is 0 Å². The van der Waals surface area contributed by atoms with Gasteiger partial charge in [0.1, 0.15) is 5.54 Å². The van der Waals surface area contributed by atoms with Gasteiger partial charge in [0.15, 0.2) is 0 Å². The van der Waals surface area contributed by atoms with Crippen LogP contribution in [0.2, 0.25) is 10.0 Å². The summed E-state index contributed by atoms with van der Waals surface area (Å²) in [5, 5.41) is 10.2. The van der Waals surface area contributed by atoms with Crippen molar-refractivity contribution < 1.29 is 9.90 Å². The number of nitrogens with zero attached hydrogens (tertiary/aromatic N) is 1. The van der Waals surface area contributed by atoms with Crippen LogP contribution in [0.4, 0.5) is 0 Å². The summed E-state index contributed by atoms with van der Waals surface area (Å²) >= 11 is 11.8. The van der Waals surface area contributed by atoms with Gasteiger partial charge in [-0.25, -0.2) is 0 Å². The smallest absolute Gasteiger partial charge is 0.323 e. The first-order chi connectivity index (χ1) is 8.28. The molecule has 0 aromatic heterocycles. The van der Waals surface area contributed by atoms with Gasteiger partial charge in [-0.3, -0.25) is 9.69 Å². The van der Waals surface area contributed by atoms with E-state index in [1.165, 1.54) is 0 Å². The Hall–Kier alpha value is -0.770. The number of carboxylic acids is 1. The van der Waals surface area contributed by atoms with Crippen LogP contribution in [-0.4, -0.2) is 28.1 Å². The highest BCUT2D eigenvalue weighted by molar-refractivity contribution is 6.42. The summed E-state index contributed by atoms with van der Waals surface area (Å²) in [6.45, 7) is 6.47. The Kier molecular flexibility index (Phi) is 5.02. The molecule has 1 aromatic rings. The van der Waals surface area contributed by atoms with E-state index in [2.05, 4.69) is 0 Å². The first kappa shape index (κ1) is 15.3. The highest BCUT2D eigenvalue weighted by Crippen LogP contribution is 2.25. The lowest BCUT2D eigenvalue weighted by molar-refractivity contribution is -0.149. The third-order valence-electron chi connectivity index (χ3n) is 3.05. The van der Waals surface area contributed by atoms with Crippen LogP contribution in [0.15, 0.2) is 18.2 Å². The lowest BCUT2D eigenvalue weighted by atomic mass is 10.0. The Bertz CT molecular complexity index is 447. The molecule has 0 aliphatic heterocycles. The van der Waals surface area contributed by atoms with Gasteiger partial charge < -0.3 is 5.11 Å². The molecule has 0 spiro atoms. The fourth-order valence-electron chi connectivity index (χ4n) is 1.70. The van der Waals surface area contributed by atoms with Crippen molar-refractivity contribution in [1.29, 1.82) is 0 Å². The number of halogens is 2. The number of carbonyl (C=O) groups is 1. The second-order valence-electron chi connectivity index (χ2n) is 4.63. The molecule has 1 rings (SSSR count). The van der Waals surface area contributed by atoms with Crippen LogP contribution in [-0.2, 0) is 11.3 Å². The molecule has 18 heavy (non-hydrogen) atoms. The average molecular weight is 290 g/mol. The zero-order valence-corrected chi connectivity index (χ0v) is 12.2. The maximum absolute atomic E-state index is 11.2. The van der Waals surface area contributed by atoms with Crippen molar-refractivity contribution in [3.05, 3.63) is 33.8 Å². The molecule has 3 nitrogen and oxygen atoms in total. The molecule has 0 unspecified atom stereocenters. The number of benzene rings is 1. The fourth-order valence-corrected chi connectivity index (χ4v) is 2.02. The molecule has 100 valence electrons. The Balaban J connectivity index is 2.93. The molecule has 0 amide bonds. The van der Waals surface area contributed by atoms with Crippen molar-refractivity contribution in [2.24, 2.45) is 0 Å². The number of hydrogen-bond donors (Lipinski definition) is 1. The topological polar surface area (TPSA) is 40.5 Å². The van der Waals surface area contributed by atoms with Gasteiger partial charge in [0.05, 0.1) is 10.0 Å². The molecular formula is C13H17Cl2NO2. The Morgan fingerprint density at radius 2 is 1.94 bits per heavy atom. The van der Waals surface area contributed by atoms with Gasteiger partial charge in [-0.15, -0.1) is 0 Å². The number of rotatable bonds is 5. The maximum atomic E-state index is 11.2. The van der Waals surface area contributed by atoms with Gasteiger partial charge in [-0.1, -0.05) is 36.2 Å². The summed E-state index contributed by atoms with van der Waals surface area (Å²) in [4.78, 5) is 13.1. The molecule has 0 saturated heterocycles. The van der Waals surface area contributed by atoms with Crippen molar-refractivity contribution in [2.45, 2.75) is 32.9 Å². The molecular weight excluding hydrogens is 273 g/mol. The van der Waals surface area contributed by atoms with Gasteiger partial charge >= 0.3 is 5.97 Å². The second kappa shape index (κ2) is 5.91. The second-order valence-corrected chi connectivity index (χ2v) is 5.44. The Morgan fingerprint density at radius 3 is 2.39 bits per heavy atom. The van der Waals surface area contributed by atoms with Crippen molar-refractivity contribution in [1.82, 2.24) is 4.90 Å². The van der Waals surface area contributed by atoms with E-state index in [1.807, 2.05) is 17.9 Å². The quantitative estimate of drug-likeness (QED) is 0.899. The third-order valence-corrected chi connectivity index (χ3v) is 3.79. The fraction of sp³-hybridized carbons (Fsp3) is 0.462. The maximum Gasteiger partial charge on any atom is 0.323 e. The van der Waals surface area contributed by atoms with Gasteiger partial charge in [0, 0.05) is 6.54 Å². The first-order valence-electron chi connectivity index (χ1n) is 5.71. The predicted octanol–water partition coefficient (Wildman–Crippen LogP) is 3.68. The predicted molar refractivity (Wildman–Crippen MR) is 74.3 cm³/mol. The molecule has 0 aliphatic rings. The minimum absolute atomic E-state index is 0.485. The summed E-state index contributed by atoms with van der Waals surface area (Å²) in [6.07, 6.45) is 0. The van der Waals surface area contributed by atoms with E-state index in [0.29, 0.717) is 23.1 Å². The minimum Gasteiger partial charge on any atom is -0.480 e. The van der Waals surface area contributed by atoms with Crippen LogP contribution < -0.4 is 0 Å². The van der Waals surface area contributed by atoms with Crippen molar-refractivity contribution in [3.63, 3.8) is 0 Å². The van der Waals surface area contributed by atoms with Gasteiger partial charge in [-0.05, 0) is 38.1 Å².